The summed E-state index contributed by atoms with van der Waals surface area (Å²) in [7, 11) is 5.26. The first-order valence-corrected chi connectivity index (χ1v) is 20.4. The zero-order chi connectivity index (χ0) is 44.9. The number of phenols is 1. The van der Waals surface area contributed by atoms with Crippen LogP contribution in [0.5, 0.6) is 11.5 Å². The molecular formula is C47H51N3O12. The Morgan fingerprint density at radius 3 is 2.50 bits per heavy atom. The Morgan fingerprint density at radius 1 is 1.06 bits per heavy atom. The number of ketones is 1. The highest BCUT2D eigenvalue weighted by atomic mass is 16.7. The van der Waals surface area contributed by atoms with Crippen molar-refractivity contribution in [2.24, 2.45) is 17.8 Å². The van der Waals surface area contributed by atoms with Gasteiger partial charge in [0.05, 0.1) is 42.1 Å². The highest BCUT2D eigenvalue weighted by molar-refractivity contribution is 6.22. The lowest BCUT2D eigenvalue weighted by Crippen LogP contribution is -2.46. The number of aromatic hydroxyl groups is 1. The number of aliphatic hydroxyl groups is 1. The monoisotopic (exact) mass is 849 g/mol. The number of amides is 1. The lowest BCUT2D eigenvalue weighted by Gasteiger charge is -2.33. The Balaban J connectivity index is 1.44. The first-order chi connectivity index (χ1) is 29.4. The van der Waals surface area contributed by atoms with E-state index in [9.17, 15) is 29.4 Å². The number of hydrogen-bond acceptors (Lipinski definition) is 14. The molecule has 5 heterocycles. The van der Waals surface area contributed by atoms with Crippen molar-refractivity contribution in [3.8, 4) is 34.8 Å². The second kappa shape index (κ2) is 17.0. The summed E-state index contributed by atoms with van der Waals surface area (Å²) in [6, 6.07) is 5.11. The molecule has 3 N–H and O–H groups in total. The van der Waals surface area contributed by atoms with Crippen LogP contribution in [0.2, 0.25) is 0 Å². The van der Waals surface area contributed by atoms with Crippen molar-refractivity contribution >= 4 is 45.2 Å². The van der Waals surface area contributed by atoms with Crippen LogP contribution in [0, 0.1) is 36.5 Å². The van der Waals surface area contributed by atoms with E-state index in [4.69, 9.17) is 33.1 Å². The van der Waals surface area contributed by atoms with Crippen molar-refractivity contribution < 1.29 is 52.7 Å². The van der Waals surface area contributed by atoms with Crippen LogP contribution in [-0.2, 0) is 28.5 Å². The summed E-state index contributed by atoms with van der Waals surface area (Å²) in [5, 5.41) is 25.6. The van der Waals surface area contributed by atoms with E-state index in [1.807, 2.05) is 38.9 Å². The quantitative estimate of drug-likeness (QED) is 0.0993. The van der Waals surface area contributed by atoms with E-state index in [2.05, 4.69) is 17.2 Å². The minimum Gasteiger partial charge on any atom is -0.507 e. The average Bonchev–Trinajstić information content (AvgIpc) is 3.67. The van der Waals surface area contributed by atoms with E-state index in [0.29, 0.717) is 17.6 Å². The number of carbonyl (C=O) groups excluding carboxylic acids is 3. The molecule has 62 heavy (non-hydrogen) atoms. The van der Waals surface area contributed by atoms with Gasteiger partial charge in [-0.15, -0.1) is 0 Å². The van der Waals surface area contributed by atoms with Gasteiger partial charge < -0.3 is 43.6 Å². The molecule has 8 rings (SSSR count). The first kappa shape index (κ1) is 44.0. The van der Waals surface area contributed by atoms with Crippen LogP contribution in [0.1, 0.15) is 63.0 Å². The summed E-state index contributed by atoms with van der Waals surface area (Å²) >= 11 is 0. The predicted octanol–water partition coefficient (Wildman–Crippen LogP) is 5.63. The Kier molecular flexibility index (Phi) is 12.1. The highest BCUT2D eigenvalue weighted by Crippen LogP contribution is 2.50. The van der Waals surface area contributed by atoms with E-state index >= 15 is 0 Å². The lowest BCUT2D eigenvalue weighted by molar-refractivity contribution is -0.168. The van der Waals surface area contributed by atoms with Gasteiger partial charge in [0.1, 0.15) is 40.6 Å². The minimum absolute atomic E-state index is 0.00187. The molecule has 326 valence electrons. The number of nitrogens with zero attached hydrogens (tertiary/aromatic N) is 2. The average molecular weight is 850 g/mol. The first-order valence-electron chi connectivity index (χ1n) is 20.4. The summed E-state index contributed by atoms with van der Waals surface area (Å²) in [6.07, 6.45) is 3.62. The number of allylic oxidation sites excluding steroid dienone is 2. The van der Waals surface area contributed by atoms with Gasteiger partial charge in [-0.05, 0) is 52.2 Å². The summed E-state index contributed by atoms with van der Waals surface area (Å²) < 4.78 is 36.8. The van der Waals surface area contributed by atoms with Crippen LogP contribution in [0.3, 0.4) is 0 Å². The van der Waals surface area contributed by atoms with Crippen molar-refractivity contribution in [3.05, 3.63) is 81.3 Å². The molecule has 0 spiro atoms. The molecule has 1 amide bonds. The van der Waals surface area contributed by atoms with Gasteiger partial charge >= 0.3 is 11.8 Å². The number of nitrogens with one attached hydrogen (secondary N) is 1. The zero-order valence-corrected chi connectivity index (χ0v) is 36.3. The van der Waals surface area contributed by atoms with Crippen LogP contribution in [-0.4, -0.2) is 102 Å². The smallest absolute Gasteiger partial charge is 0.312 e. The number of fused-ring (bicyclic) bond motifs is 9. The van der Waals surface area contributed by atoms with Gasteiger partial charge in [-0.2, -0.15) is 0 Å². The molecule has 1 saturated heterocycles. The molecule has 5 aliphatic heterocycles. The molecule has 0 unspecified atom stereocenters. The molecule has 0 aromatic heterocycles. The van der Waals surface area contributed by atoms with Gasteiger partial charge in [0.15, 0.2) is 11.3 Å². The molecule has 2 aromatic carbocycles. The molecule has 9 atom stereocenters. The van der Waals surface area contributed by atoms with Crippen LogP contribution in [0.4, 0.5) is 5.69 Å². The number of hydrogen-bond donors (Lipinski definition) is 3. The van der Waals surface area contributed by atoms with Crippen molar-refractivity contribution in [2.75, 3.05) is 33.1 Å². The standard InChI is InChI=1S/C47H51N3O12/c1-22-13-11-14-23(2)46(56)49-36-39(54)33-32(35-43(36)60-31-21-28(15-12-19-50(8)9)16-17-29(31)48-35)34-41(25(4)37(33)52)62-47(7,45(34)55)58-20-18-30(57-10)24(3)42(59-27(6)51)44-38(53)26(5)40(22)61-44/h11,13-14,16-18,20-22,24,26,30,38,40,42,44,52-53H,19H2,1-10H3,(H,49,56)/b13-11+,20-18+,23-14-/t22-,24+,26-,30-,38+,40-,42+,44+,47-/m0/s1. The summed E-state index contributed by atoms with van der Waals surface area (Å²) in [4.78, 5) is 62.6. The molecule has 15 heteroatoms. The van der Waals surface area contributed by atoms with Crippen molar-refractivity contribution in [1.29, 1.82) is 0 Å². The molecule has 2 aromatic rings. The fourth-order valence-electron chi connectivity index (χ4n) is 8.36. The molecule has 0 saturated carbocycles. The maximum Gasteiger partial charge on any atom is 0.312 e. The van der Waals surface area contributed by atoms with Gasteiger partial charge in [-0.1, -0.05) is 50.8 Å². The number of Topliss-reactive ketones (excluding diaryl/α,β-unsaturated/α-hetero) is 1. The van der Waals surface area contributed by atoms with Crippen molar-refractivity contribution in [2.45, 2.75) is 84.8 Å². The Hall–Kier alpha value is -6.05. The lowest BCUT2D eigenvalue weighted by atomic mass is 9.86. The largest absolute Gasteiger partial charge is 0.507 e. The van der Waals surface area contributed by atoms with E-state index in [0.717, 1.165) is 0 Å². The van der Waals surface area contributed by atoms with Crippen LogP contribution >= 0.6 is 0 Å². The number of carbonyl (C=O) groups is 3. The van der Waals surface area contributed by atoms with Gasteiger partial charge in [0.25, 0.3) is 11.7 Å². The van der Waals surface area contributed by atoms with Crippen LogP contribution in [0.25, 0.3) is 33.3 Å². The fraction of sp³-hybridized carbons (Fsp3) is 0.426. The Morgan fingerprint density at radius 2 is 1.81 bits per heavy atom. The van der Waals surface area contributed by atoms with E-state index in [1.165, 1.54) is 40.2 Å². The van der Waals surface area contributed by atoms with E-state index in [-0.39, 0.29) is 67.8 Å². The maximum atomic E-state index is 14.7. The van der Waals surface area contributed by atoms with Gasteiger partial charge in [-0.25, -0.2) is 4.98 Å². The fourth-order valence-corrected chi connectivity index (χ4v) is 8.36. The molecule has 1 aliphatic carbocycles. The second-order valence-corrected chi connectivity index (χ2v) is 16.7. The van der Waals surface area contributed by atoms with Gasteiger partial charge in [0.2, 0.25) is 5.43 Å². The molecular weight excluding hydrogens is 799 g/mol. The third-order valence-electron chi connectivity index (χ3n) is 11.8. The Bertz CT molecular complexity index is 2670. The number of aliphatic hydroxyl groups excluding tert-OH is 1. The van der Waals surface area contributed by atoms with Crippen molar-refractivity contribution in [1.82, 2.24) is 9.88 Å². The number of ether oxygens (including phenoxy) is 5. The summed E-state index contributed by atoms with van der Waals surface area (Å²) in [6.45, 7) is 11.8. The number of benzene rings is 3. The number of methoxy groups -OCH3 is 1. The summed E-state index contributed by atoms with van der Waals surface area (Å²) in [5.74, 6) is 0.251. The number of rotatable bonds is 3. The van der Waals surface area contributed by atoms with E-state index in [1.54, 1.807) is 44.2 Å². The molecule has 1 fully saturated rings. The van der Waals surface area contributed by atoms with Crippen LogP contribution < -0.4 is 15.5 Å². The number of anilines is 1. The third-order valence-corrected chi connectivity index (χ3v) is 11.8. The maximum absolute atomic E-state index is 14.7. The SMILES string of the molecule is CO[C@H]1/C=C/O[C@@]2(C)Oc3c(C)c(O)c4c(=O)c(c5oc6cc(C#CCN(C)C)ccc6nc-5c4c3C2=O)NC(=O)/C(C)=C\C=C\[C@H](C)[C@@H]2O[C@H]([C@H](O)[C@@H]2C)[C@H](OC(C)=O)[C@@H]1C. The van der Waals surface area contributed by atoms with Crippen molar-refractivity contribution in [3.63, 3.8) is 0 Å². The molecule has 15 nitrogen and oxygen atoms in total. The zero-order valence-electron chi connectivity index (χ0n) is 36.3. The molecule has 0 radical (unpaired) electrons. The van der Waals surface area contributed by atoms with Gasteiger partial charge in [0, 0.05) is 60.8 Å². The predicted molar refractivity (Wildman–Crippen MR) is 230 cm³/mol. The van der Waals surface area contributed by atoms with Crippen LogP contribution in [0.15, 0.2) is 63.6 Å². The third kappa shape index (κ3) is 7.83. The number of phenolic OH excluding ortho intramolecular Hbond substituents is 1. The molecule has 7 bridgehead atoms. The minimum atomic E-state index is -2.02. The van der Waals surface area contributed by atoms with E-state index < -0.39 is 71.1 Å². The van der Waals surface area contributed by atoms with Gasteiger partial charge in [-0.3, -0.25) is 24.1 Å². The normalized spacial score (nSPS) is 29.6. The topological polar surface area (TPSA) is 196 Å². The number of esters is 1. The number of aromatic nitrogens is 1. The Labute approximate surface area is 358 Å². The second-order valence-electron chi connectivity index (χ2n) is 16.7. The highest BCUT2D eigenvalue weighted by Gasteiger charge is 2.51. The molecule has 6 aliphatic rings. The summed E-state index contributed by atoms with van der Waals surface area (Å²) in [5.41, 5.74) is 0.258.